The van der Waals surface area contributed by atoms with Gasteiger partial charge in [-0.25, -0.2) is 4.68 Å². The summed E-state index contributed by atoms with van der Waals surface area (Å²) in [5, 5.41) is 18.2. The van der Waals surface area contributed by atoms with E-state index < -0.39 is 22.6 Å². The van der Waals surface area contributed by atoms with E-state index in [1.165, 1.54) is 61.4 Å². The van der Waals surface area contributed by atoms with Crippen molar-refractivity contribution in [3.8, 4) is 28.4 Å². The number of nitrogens with zero attached hydrogens (tertiary/aromatic N) is 3. The molecule has 0 aliphatic rings. The third kappa shape index (κ3) is 5.59. The van der Waals surface area contributed by atoms with Crippen LogP contribution in [0, 0.1) is 10.1 Å². The van der Waals surface area contributed by atoms with Crippen LogP contribution in [0.3, 0.4) is 0 Å². The van der Waals surface area contributed by atoms with Gasteiger partial charge >= 0.3 is 6.18 Å². The van der Waals surface area contributed by atoms with Crippen LogP contribution in [-0.2, 0) is 12.7 Å². The first-order valence-corrected chi connectivity index (χ1v) is 11.1. The summed E-state index contributed by atoms with van der Waals surface area (Å²) < 4.78 is 51.2. The Labute approximate surface area is 214 Å². The number of carbonyl (C=O) groups is 1. The molecule has 0 saturated heterocycles. The molecule has 9 nitrogen and oxygen atoms in total. The molecule has 196 valence electrons. The molecular weight excluding hydrogens is 505 g/mol. The standard InChI is InChI=1S/C26H21F3N4O5/c1-37-20-10-11-21(24(13-20)38-2)22-14-23(32(31-22)18-6-8-19(9-7-18)33(35)36)25(34)30-15-16-4-3-5-17(12-16)26(27,28)29/h3-14H,15H2,1-2H3,(H,30,34). The topological polar surface area (TPSA) is 109 Å². The number of alkyl halides is 3. The van der Waals surface area contributed by atoms with Crippen LogP contribution >= 0.6 is 0 Å². The van der Waals surface area contributed by atoms with Crippen molar-refractivity contribution in [1.29, 1.82) is 0 Å². The van der Waals surface area contributed by atoms with Gasteiger partial charge in [-0.15, -0.1) is 0 Å². The number of rotatable bonds is 8. The summed E-state index contributed by atoms with van der Waals surface area (Å²) in [5.74, 6) is 0.347. The number of halogens is 3. The first-order valence-electron chi connectivity index (χ1n) is 11.1. The lowest BCUT2D eigenvalue weighted by Gasteiger charge is -2.10. The maximum atomic E-state index is 13.2. The summed E-state index contributed by atoms with van der Waals surface area (Å²) >= 11 is 0. The number of nitrogens with one attached hydrogen (secondary N) is 1. The molecule has 0 spiro atoms. The van der Waals surface area contributed by atoms with E-state index in [1.807, 2.05) is 0 Å². The Balaban J connectivity index is 1.71. The van der Waals surface area contributed by atoms with Gasteiger partial charge in [0.2, 0.25) is 0 Å². The first-order chi connectivity index (χ1) is 18.1. The minimum Gasteiger partial charge on any atom is -0.497 e. The van der Waals surface area contributed by atoms with Crippen molar-refractivity contribution in [3.05, 3.63) is 99.7 Å². The Morgan fingerprint density at radius 3 is 2.39 bits per heavy atom. The van der Waals surface area contributed by atoms with Gasteiger partial charge in [-0.3, -0.25) is 14.9 Å². The van der Waals surface area contributed by atoms with Gasteiger partial charge in [0.1, 0.15) is 17.2 Å². The molecule has 38 heavy (non-hydrogen) atoms. The summed E-state index contributed by atoms with van der Waals surface area (Å²) in [6, 6.07) is 16.6. The highest BCUT2D eigenvalue weighted by Crippen LogP contribution is 2.34. The minimum atomic E-state index is -4.51. The lowest BCUT2D eigenvalue weighted by molar-refractivity contribution is -0.384. The quantitative estimate of drug-likeness (QED) is 0.243. The van der Waals surface area contributed by atoms with Crippen LogP contribution in [0.25, 0.3) is 16.9 Å². The molecule has 0 radical (unpaired) electrons. The fourth-order valence-corrected chi connectivity index (χ4v) is 3.73. The molecule has 3 aromatic carbocycles. The molecule has 0 atom stereocenters. The van der Waals surface area contributed by atoms with E-state index in [4.69, 9.17) is 9.47 Å². The van der Waals surface area contributed by atoms with E-state index in [1.54, 1.807) is 18.2 Å². The van der Waals surface area contributed by atoms with Gasteiger partial charge in [-0.2, -0.15) is 18.3 Å². The molecule has 1 amide bonds. The molecule has 4 rings (SSSR count). The SMILES string of the molecule is COc1ccc(-c2cc(C(=O)NCc3cccc(C(F)(F)F)c3)n(-c3ccc([N+](=O)[O-])cc3)n2)c(OC)c1. The highest BCUT2D eigenvalue weighted by atomic mass is 19.4. The van der Waals surface area contributed by atoms with Crippen molar-refractivity contribution in [3.63, 3.8) is 0 Å². The van der Waals surface area contributed by atoms with Crippen molar-refractivity contribution in [2.24, 2.45) is 0 Å². The summed E-state index contributed by atoms with van der Waals surface area (Å²) in [6.45, 7) is -0.171. The average molecular weight is 526 g/mol. The smallest absolute Gasteiger partial charge is 0.416 e. The van der Waals surface area contributed by atoms with Crippen LogP contribution in [0.5, 0.6) is 11.5 Å². The van der Waals surface area contributed by atoms with Gasteiger partial charge < -0.3 is 14.8 Å². The first kappa shape index (κ1) is 26.2. The highest BCUT2D eigenvalue weighted by molar-refractivity contribution is 5.94. The second-order valence-corrected chi connectivity index (χ2v) is 8.05. The molecule has 0 saturated carbocycles. The predicted octanol–water partition coefficient (Wildman–Crippen LogP) is 5.41. The van der Waals surface area contributed by atoms with Gasteiger partial charge in [-0.05, 0) is 48.0 Å². The van der Waals surface area contributed by atoms with Crippen molar-refractivity contribution < 1.29 is 32.4 Å². The van der Waals surface area contributed by atoms with Crippen molar-refractivity contribution in [1.82, 2.24) is 15.1 Å². The molecule has 0 bridgehead atoms. The van der Waals surface area contributed by atoms with Crippen molar-refractivity contribution in [2.45, 2.75) is 12.7 Å². The lowest BCUT2D eigenvalue weighted by Crippen LogP contribution is -2.25. The van der Waals surface area contributed by atoms with Gasteiger partial charge in [0.25, 0.3) is 11.6 Å². The molecule has 0 aliphatic heterocycles. The van der Waals surface area contributed by atoms with E-state index in [-0.39, 0.29) is 23.5 Å². The zero-order valence-electron chi connectivity index (χ0n) is 20.2. The Morgan fingerprint density at radius 2 is 1.76 bits per heavy atom. The number of hydrogen-bond donors (Lipinski definition) is 1. The molecule has 0 aliphatic carbocycles. The zero-order chi connectivity index (χ0) is 27.4. The van der Waals surface area contributed by atoms with Gasteiger partial charge in [-0.1, -0.05) is 12.1 Å². The number of nitro benzene ring substituents is 1. The van der Waals surface area contributed by atoms with Crippen molar-refractivity contribution >= 4 is 11.6 Å². The Kier molecular flexibility index (Phi) is 7.33. The van der Waals surface area contributed by atoms with Crippen LogP contribution in [0.15, 0.2) is 72.8 Å². The maximum absolute atomic E-state index is 13.2. The molecule has 0 unspecified atom stereocenters. The summed E-state index contributed by atoms with van der Waals surface area (Å²) in [7, 11) is 2.97. The molecule has 4 aromatic rings. The van der Waals surface area contributed by atoms with E-state index in [0.717, 1.165) is 12.1 Å². The maximum Gasteiger partial charge on any atom is 0.416 e. The molecule has 0 fully saturated rings. The zero-order valence-corrected chi connectivity index (χ0v) is 20.2. The van der Waals surface area contributed by atoms with Gasteiger partial charge in [0, 0.05) is 30.3 Å². The van der Waals surface area contributed by atoms with Crippen molar-refractivity contribution in [2.75, 3.05) is 14.2 Å². The van der Waals surface area contributed by atoms with Crippen LogP contribution in [0.1, 0.15) is 21.6 Å². The summed E-state index contributed by atoms with van der Waals surface area (Å²) in [4.78, 5) is 23.7. The Bertz CT molecular complexity index is 1480. The van der Waals surface area contributed by atoms with Gasteiger partial charge in [0.05, 0.1) is 36.1 Å². The highest BCUT2D eigenvalue weighted by Gasteiger charge is 2.30. The van der Waals surface area contributed by atoms with Gasteiger partial charge in [0.15, 0.2) is 0 Å². The lowest BCUT2D eigenvalue weighted by atomic mass is 10.1. The second-order valence-electron chi connectivity index (χ2n) is 8.05. The van der Waals surface area contributed by atoms with Crippen LogP contribution in [0.2, 0.25) is 0 Å². The summed E-state index contributed by atoms with van der Waals surface area (Å²) in [6.07, 6.45) is -4.51. The fourth-order valence-electron chi connectivity index (χ4n) is 3.73. The van der Waals surface area contributed by atoms with Crippen LogP contribution in [0.4, 0.5) is 18.9 Å². The number of benzene rings is 3. The third-order valence-corrected chi connectivity index (χ3v) is 5.64. The molecule has 12 heteroatoms. The predicted molar refractivity (Wildman–Crippen MR) is 131 cm³/mol. The fraction of sp³-hybridized carbons (Fsp3) is 0.154. The largest absolute Gasteiger partial charge is 0.497 e. The molecule has 1 heterocycles. The second kappa shape index (κ2) is 10.6. The molecule has 1 aromatic heterocycles. The number of ether oxygens (including phenoxy) is 2. The number of amides is 1. The number of carbonyl (C=O) groups excluding carboxylic acids is 1. The number of non-ortho nitro benzene ring substituents is 1. The number of methoxy groups -OCH3 is 2. The Morgan fingerprint density at radius 1 is 1.03 bits per heavy atom. The van der Waals surface area contributed by atoms with E-state index in [9.17, 15) is 28.1 Å². The summed E-state index contributed by atoms with van der Waals surface area (Å²) in [5.41, 5.74) is 0.597. The monoisotopic (exact) mass is 526 g/mol. The van der Waals surface area contributed by atoms with E-state index >= 15 is 0 Å². The number of hydrogen-bond acceptors (Lipinski definition) is 6. The van der Waals surface area contributed by atoms with Crippen LogP contribution in [-0.4, -0.2) is 34.8 Å². The molecule has 1 N–H and O–H groups in total. The molecular formula is C26H21F3N4O5. The number of nitro groups is 1. The number of aromatic nitrogens is 2. The minimum absolute atomic E-state index is 0.0544. The van der Waals surface area contributed by atoms with Crippen LogP contribution < -0.4 is 14.8 Å². The van der Waals surface area contributed by atoms with E-state index in [0.29, 0.717) is 28.4 Å². The third-order valence-electron chi connectivity index (χ3n) is 5.64. The average Bonchev–Trinajstić information content (AvgIpc) is 3.36. The van der Waals surface area contributed by atoms with E-state index in [2.05, 4.69) is 10.4 Å². The normalized spacial score (nSPS) is 11.2. The Hall–Kier alpha value is -4.87.